The van der Waals surface area contributed by atoms with Crippen molar-refractivity contribution in [1.29, 1.82) is 0 Å². The fourth-order valence-electron chi connectivity index (χ4n) is 5.47. The maximum absolute atomic E-state index is 13.9. The molecule has 0 aromatic rings. The van der Waals surface area contributed by atoms with Crippen molar-refractivity contribution in [3.63, 3.8) is 0 Å². The van der Waals surface area contributed by atoms with Crippen molar-refractivity contribution >= 4 is 17.8 Å². The molecule has 0 bridgehead atoms. The first-order valence-corrected chi connectivity index (χ1v) is 14.0. The number of likely N-dealkylation sites (tertiary alicyclic amines) is 1. The van der Waals surface area contributed by atoms with Crippen molar-refractivity contribution in [3.8, 4) is 0 Å². The Morgan fingerprint density at radius 3 is 2.22 bits per heavy atom. The van der Waals surface area contributed by atoms with Crippen LogP contribution in [0.25, 0.3) is 0 Å². The number of carbonyl (C=O) groups is 3. The molecule has 1 saturated heterocycles. The smallest absolute Gasteiger partial charge is 0.333 e. The molecule has 7 heteroatoms. The molecule has 1 saturated carbocycles. The summed E-state index contributed by atoms with van der Waals surface area (Å²) >= 11 is 0. The van der Waals surface area contributed by atoms with Crippen LogP contribution >= 0.6 is 0 Å². The van der Waals surface area contributed by atoms with Crippen LogP contribution in [0, 0.1) is 17.3 Å². The molecule has 7 nitrogen and oxygen atoms in total. The van der Waals surface area contributed by atoms with Gasteiger partial charge in [-0.3, -0.25) is 14.5 Å². The monoisotopic (exact) mass is 505 g/mol. The SMILES string of the molecule is CCOC(=O)/C(C)=C/[C@H](C(C)C)N(C)C(=O)[C@@H](NC(=O)[C@H]1CCCCN1C(C)C1CCC1)C(C)(C)C. The second-order valence-corrected chi connectivity index (χ2v) is 12.2. The number of amides is 2. The third-order valence-corrected chi connectivity index (χ3v) is 8.10. The van der Waals surface area contributed by atoms with Crippen LogP contribution in [-0.2, 0) is 19.1 Å². The molecule has 1 aliphatic heterocycles. The minimum absolute atomic E-state index is 0.0399. The average Bonchev–Trinajstić information content (AvgIpc) is 2.77. The molecule has 2 aliphatic rings. The van der Waals surface area contributed by atoms with Crippen LogP contribution < -0.4 is 5.32 Å². The minimum Gasteiger partial charge on any atom is -0.463 e. The summed E-state index contributed by atoms with van der Waals surface area (Å²) in [4.78, 5) is 43.8. The van der Waals surface area contributed by atoms with Crippen LogP contribution in [0.3, 0.4) is 0 Å². The van der Waals surface area contributed by atoms with E-state index in [9.17, 15) is 14.4 Å². The highest BCUT2D eigenvalue weighted by molar-refractivity contribution is 5.91. The first-order chi connectivity index (χ1) is 16.8. The highest BCUT2D eigenvalue weighted by atomic mass is 16.5. The highest BCUT2D eigenvalue weighted by Crippen LogP contribution is 2.35. The fraction of sp³-hybridized carbons (Fsp3) is 0.828. The maximum atomic E-state index is 13.9. The Morgan fingerprint density at radius 1 is 1.08 bits per heavy atom. The molecule has 0 aromatic carbocycles. The summed E-state index contributed by atoms with van der Waals surface area (Å²) in [7, 11) is 1.76. The molecular weight excluding hydrogens is 454 g/mol. The number of nitrogens with one attached hydrogen (secondary N) is 1. The number of hydrogen-bond donors (Lipinski definition) is 1. The van der Waals surface area contributed by atoms with Gasteiger partial charge in [0.05, 0.1) is 18.7 Å². The van der Waals surface area contributed by atoms with Gasteiger partial charge in [0.15, 0.2) is 0 Å². The lowest BCUT2D eigenvalue weighted by Crippen LogP contribution is -2.61. The van der Waals surface area contributed by atoms with Crippen LogP contribution in [0.1, 0.15) is 93.9 Å². The van der Waals surface area contributed by atoms with Gasteiger partial charge in [-0.1, -0.05) is 53.5 Å². The molecule has 2 fully saturated rings. The number of nitrogens with zero attached hydrogens (tertiary/aromatic N) is 2. The number of likely N-dealkylation sites (N-methyl/N-ethyl adjacent to an activating group) is 1. The fourth-order valence-corrected chi connectivity index (χ4v) is 5.47. The minimum atomic E-state index is -0.671. The summed E-state index contributed by atoms with van der Waals surface area (Å²) in [5, 5.41) is 3.17. The van der Waals surface area contributed by atoms with Gasteiger partial charge in [0.2, 0.25) is 11.8 Å². The molecule has 1 aliphatic carbocycles. The molecule has 2 rings (SSSR count). The van der Waals surface area contributed by atoms with E-state index >= 15 is 0 Å². The van der Waals surface area contributed by atoms with E-state index in [2.05, 4.69) is 17.1 Å². The zero-order valence-corrected chi connectivity index (χ0v) is 24.2. The van der Waals surface area contributed by atoms with E-state index in [4.69, 9.17) is 4.74 Å². The molecule has 0 aromatic heterocycles. The van der Waals surface area contributed by atoms with Gasteiger partial charge in [-0.25, -0.2) is 4.79 Å². The van der Waals surface area contributed by atoms with Gasteiger partial charge in [0, 0.05) is 18.7 Å². The summed E-state index contributed by atoms with van der Waals surface area (Å²) in [6, 6.07) is -0.768. The highest BCUT2D eigenvalue weighted by Gasteiger charge is 2.41. The van der Waals surface area contributed by atoms with E-state index in [-0.39, 0.29) is 35.8 Å². The molecule has 1 unspecified atom stereocenters. The number of hydrogen-bond acceptors (Lipinski definition) is 5. The normalized spacial score (nSPS) is 22.4. The summed E-state index contributed by atoms with van der Waals surface area (Å²) < 4.78 is 5.13. The Kier molecular flexibility index (Phi) is 11.0. The summed E-state index contributed by atoms with van der Waals surface area (Å²) in [5.41, 5.74) is 0.0102. The Hall–Kier alpha value is -1.89. The molecule has 1 N–H and O–H groups in total. The van der Waals surface area contributed by atoms with Crippen molar-refractivity contribution in [2.45, 2.75) is 118 Å². The van der Waals surface area contributed by atoms with Crippen LogP contribution in [0.15, 0.2) is 11.6 Å². The van der Waals surface area contributed by atoms with Gasteiger partial charge in [0.25, 0.3) is 0 Å². The van der Waals surface area contributed by atoms with Gasteiger partial charge in [-0.15, -0.1) is 0 Å². The molecular formula is C29H51N3O4. The predicted molar refractivity (Wildman–Crippen MR) is 144 cm³/mol. The van der Waals surface area contributed by atoms with Gasteiger partial charge in [0.1, 0.15) is 6.04 Å². The van der Waals surface area contributed by atoms with E-state index in [1.54, 1.807) is 25.8 Å². The number of ether oxygens (including phenoxy) is 1. The van der Waals surface area contributed by atoms with Gasteiger partial charge >= 0.3 is 5.97 Å². The Balaban J connectivity index is 2.23. The third-order valence-electron chi connectivity index (χ3n) is 8.10. The van der Waals surface area contributed by atoms with Crippen LogP contribution in [0.5, 0.6) is 0 Å². The second-order valence-electron chi connectivity index (χ2n) is 12.2. The zero-order valence-electron chi connectivity index (χ0n) is 24.2. The van der Waals surface area contributed by atoms with Gasteiger partial charge in [-0.2, -0.15) is 0 Å². The summed E-state index contributed by atoms with van der Waals surface area (Å²) in [6.45, 7) is 17.0. The van der Waals surface area contributed by atoms with Crippen molar-refractivity contribution < 1.29 is 19.1 Å². The van der Waals surface area contributed by atoms with E-state index < -0.39 is 11.5 Å². The summed E-state index contributed by atoms with van der Waals surface area (Å²) in [5.74, 6) is 0.198. The van der Waals surface area contributed by atoms with Crippen molar-refractivity contribution in [3.05, 3.63) is 11.6 Å². The van der Waals surface area contributed by atoms with Crippen LogP contribution in [0.2, 0.25) is 0 Å². The predicted octanol–water partition coefficient (Wildman–Crippen LogP) is 4.55. The largest absolute Gasteiger partial charge is 0.463 e. The molecule has 4 atom stereocenters. The topological polar surface area (TPSA) is 79.0 Å². The lowest BCUT2D eigenvalue weighted by Gasteiger charge is -2.45. The van der Waals surface area contributed by atoms with E-state index in [1.807, 2.05) is 40.7 Å². The second kappa shape index (κ2) is 13.1. The van der Waals surface area contributed by atoms with E-state index in [0.29, 0.717) is 24.1 Å². The van der Waals surface area contributed by atoms with Crippen molar-refractivity contribution in [2.75, 3.05) is 20.2 Å². The zero-order chi connectivity index (χ0) is 27.2. The Bertz CT molecular complexity index is 797. The Labute approximate surface area is 219 Å². The molecule has 0 radical (unpaired) electrons. The van der Waals surface area contributed by atoms with Crippen LogP contribution in [-0.4, -0.2) is 72.0 Å². The maximum Gasteiger partial charge on any atom is 0.333 e. The standard InChI is InChI=1S/C29H51N3O4/c1-10-36-28(35)20(4)18-24(19(2)3)31(9)27(34)25(29(6,7)8)30-26(33)23-16-11-12-17-32(23)21(5)22-14-13-15-22/h18-19,21-25H,10-17H2,1-9H3,(H,30,33)/b20-18+/t21?,23-,24-,25-/m1/s1. The lowest BCUT2D eigenvalue weighted by molar-refractivity contribution is -0.142. The molecule has 2 amide bonds. The van der Waals surface area contributed by atoms with E-state index in [0.717, 1.165) is 25.8 Å². The number of rotatable bonds is 10. The van der Waals surface area contributed by atoms with Gasteiger partial charge in [-0.05, 0) is 70.3 Å². The first kappa shape index (κ1) is 30.3. The molecule has 1 heterocycles. The van der Waals surface area contributed by atoms with Crippen molar-refractivity contribution in [1.82, 2.24) is 15.1 Å². The summed E-state index contributed by atoms with van der Waals surface area (Å²) in [6.07, 6.45) is 8.57. The van der Waals surface area contributed by atoms with Crippen molar-refractivity contribution in [2.24, 2.45) is 17.3 Å². The average molecular weight is 506 g/mol. The molecule has 206 valence electrons. The molecule has 0 spiro atoms. The first-order valence-electron chi connectivity index (χ1n) is 14.0. The number of piperidine rings is 1. The quantitative estimate of drug-likeness (QED) is 0.348. The number of carbonyl (C=O) groups excluding carboxylic acids is 3. The van der Waals surface area contributed by atoms with Gasteiger partial charge < -0.3 is 15.0 Å². The number of esters is 1. The Morgan fingerprint density at radius 2 is 1.72 bits per heavy atom. The van der Waals surface area contributed by atoms with E-state index in [1.165, 1.54) is 19.3 Å². The third kappa shape index (κ3) is 7.56. The lowest BCUT2D eigenvalue weighted by atomic mass is 9.78. The van der Waals surface area contributed by atoms with Crippen LogP contribution in [0.4, 0.5) is 0 Å². The molecule has 36 heavy (non-hydrogen) atoms.